The van der Waals surface area contributed by atoms with E-state index in [0.29, 0.717) is 5.92 Å². The van der Waals surface area contributed by atoms with Crippen molar-refractivity contribution in [2.75, 3.05) is 6.61 Å². The van der Waals surface area contributed by atoms with Crippen LogP contribution < -0.4 is 0 Å². The zero-order valence-electron chi connectivity index (χ0n) is 12.9. The molecule has 0 aromatic rings. The molecule has 4 heteroatoms. The van der Waals surface area contributed by atoms with Gasteiger partial charge in [-0.2, -0.15) is 0 Å². The van der Waals surface area contributed by atoms with Gasteiger partial charge in [0, 0.05) is 0 Å². The van der Waals surface area contributed by atoms with Gasteiger partial charge < -0.3 is 9.47 Å². The molecule has 0 saturated carbocycles. The molecule has 0 spiro atoms. The Morgan fingerprint density at radius 1 is 1.35 bits per heavy atom. The maximum atomic E-state index is 11.6. The maximum absolute atomic E-state index is 11.6. The predicted octanol–water partition coefficient (Wildman–Crippen LogP) is 3.03. The first kappa shape index (κ1) is 16.5. The van der Waals surface area contributed by atoms with Gasteiger partial charge in [-0.25, -0.2) is 9.59 Å². The third-order valence-corrected chi connectivity index (χ3v) is 3.38. The van der Waals surface area contributed by atoms with Crippen LogP contribution in [0.3, 0.4) is 0 Å². The Labute approximate surface area is 120 Å². The average Bonchev–Trinajstić information content (AvgIpc) is 2.34. The zero-order chi connectivity index (χ0) is 15.3. The van der Waals surface area contributed by atoms with Crippen molar-refractivity contribution in [2.45, 2.75) is 47.1 Å². The van der Waals surface area contributed by atoms with E-state index in [0.717, 1.165) is 12.0 Å². The van der Waals surface area contributed by atoms with Crippen LogP contribution in [0.4, 0.5) is 0 Å². The summed E-state index contributed by atoms with van der Waals surface area (Å²) in [6.45, 7) is 9.78. The fraction of sp³-hybridized carbons (Fsp3) is 0.625. The van der Waals surface area contributed by atoms with Crippen molar-refractivity contribution < 1.29 is 19.1 Å². The van der Waals surface area contributed by atoms with Crippen molar-refractivity contribution in [3.05, 3.63) is 23.8 Å². The van der Waals surface area contributed by atoms with Crippen molar-refractivity contribution in [1.82, 2.24) is 0 Å². The fourth-order valence-electron chi connectivity index (χ4n) is 1.61. The minimum Gasteiger partial charge on any atom is -0.454 e. The Balaban J connectivity index is 2.43. The summed E-state index contributed by atoms with van der Waals surface area (Å²) in [4.78, 5) is 23.2. The second kappa shape index (κ2) is 6.73. The Bertz CT molecular complexity index is 426. The summed E-state index contributed by atoms with van der Waals surface area (Å²) in [5.74, 6) is -1.43. The molecule has 1 aliphatic carbocycles. The molecule has 112 valence electrons. The lowest BCUT2D eigenvalue weighted by Crippen LogP contribution is -2.32. The van der Waals surface area contributed by atoms with Gasteiger partial charge in [0.15, 0.2) is 0 Å². The summed E-state index contributed by atoms with van der Waals surface area (Å²) in [5.41, 5.74) is 0.703. The van der Waals surface area contributed by atoms with Gasteiger partial charge in [0.25, 0.3) is 0 Å². The second-order valence-electron chi connectivity index (χ2n) is 6.35. The minimum absolute atomic E-state index is 0.110. The highest BCUT2D eigenvalue weighted by molar-refractivity contribution is 6.29. The molecular formula is C16H24O4. The maximum Gasteiger partial charge on any atom is 0.417 e. The second-order valence-corrected chi connectivity index (χ2v) is 6.35. The van der Waals surface area contributed by atoms with Gasteiger partial charge in [0.2, 0.25) is 0 Å². The van der Waals surface area contributed by atoms with E-state index in [4.69, 9.17) is 9.47 Å². The highest BCUT2D eigenvalue weighted by Crippen LogP contribution is 2.22. The van der Waals surface area contributed by atoms with E-state index in [1.54, 1.807) is 6.92 Å². The van der Waals surface area contributed by atoms with Gasteiger partial charge in [0.05, 0.1) is 0 Å². The summed E-state index contributed by atoms with van der Waals surface area (Å²) < 4.78 is 10.1. The van der Waals surface area contributed by atoms with Gasteiger partial charge >= 0.3 is 11.9 Å². The number of hydrogen-bond acceptors (Lipinski definition) is 4. The summed E-state index contributed by atoms with van der Waals surface area (Å²) in [6.07, 6.45) is 6.62. The summed E-state index contributed by atoms with van der Waals surface area (Å²) in [7, 11) is 0. The Morgan fingerprint density at radius 3 is 2.55 bits per heavy atom. The van der Waals surface area contributed by atoms with Crippen molar-refractivity contribution in [3.8, 4) is 0 Å². The van der Waals surface area contributed by atoms with E-state index >= 15 is 0 Å². The van der Waals surface area contributed by atoms with Crippen LogP contribution in [0, 0.1) is 11.3 Å². The largest absolute Gasteiger partial charge is 0.454 e. The number of allylic oxidation sites excluding steroid dienone is 2. The average molecular weight is 280 g/mol. The van der Waals surface area contributed by atoms with Crippen molar-refractivity contribution >= 4 is 11.9 Å². The molecule has 0 aromatic heterocycles. The van der Waals surface area contributed by atoms with Crippen LogP contribution in [0.5, 0.6) is 0 Å². The third-order valence-electron chi connectivity index (χ3n) is 3.38. The van der Waals surface area contributed by atoms with Crippen LogP contribution >= 0.6 is 0 Å². The summed E-state index contributed by atoms with van der Waals surface area (Å²) in [5, 5.41) is 0. The SMILES string of the molecule is CC1C=C(COC(=O)C(=O)O[C@H](C)C(C)(C)C)C=CC1. The standard InChI is InChI=1S/C16H24O4/c1-11-7-6-8-13(9-11)10-19-14(17)15(18)20-12(2)16(3,4)5/h6,8-9,11-12H,7,10H2,1-5H3/t11?,12-/m1/s1. The van der Waals surface area contributed by atoms with Crippen LogP contribution in [-0.4, -0.2) is 24.6 Å². The number of hydrogen-bond donors (Lipinski definition) is 0. The molecule has 0 aromatic carbocycles. The van der Waals surface area contributed by atoms with Crippen molar-refractivity contribution in [1.29, 1.82) is 0 Å². The lowest BCUT2D eigenvalue weighted by molar-refractivity contribution is -0.172. The molecule has 20 heavy (non-hydrogen) atoms. The first-order chi connectivity index (χ1) is 9.20. The Kier molecular flexibility index (Phi) is 5.54. The number of esters is 2. The molecule has 0 saturated heterocycles. The lowest BCUT2D eigenvalue weighted by atomic mass is 9.90. The highest BCUT2D eigenvalue weighted by atomic mass is 16.6. The van der Waals surface area contributed by atoms with Gasteiger partial charge in [-0.3, -0.25) is 0 Å². The van der Waals surface area contributed by atoms with Crippen molar-refractivity contribution in [3.63, 3.8) is 0 Å². The third kappa shape index (κ3) is 5.19. The lowest BCUT2D eigenvalue weighted by Gasteiger charge is -2.26. The van der Waals surface area contributed by atoms with Crippen molar-refractivity contribution in [2.24, 2.45) is 11.3 Å². The number of rotatable bonds is 3. The molecule has 0 fully saturated rings. The molecule has 2 atom stereocenters. The number of carbonyl (C=O) groups is 2. The monoisotopic (exact) mass is 280 g/mol. The smallest absolute Gasteiger partial charge is 0.417 e. The summed E-state index contributed by atoms with van der Waals surface area (Å²) >= 11 is 0. The first-order valence-corrected chi connectivity index (χ1v) is 6.95. The highest BCUT2D eigenvalue weighted by Gasteiger charge is 2.27. The molecule has 0 radical (unpaired) electrons. The molecule has 1 aliphatic rings. The molecule has 0 heterocycles. The van der Waals surface area contributed by atoms with Crippen LogP contribution in [0.2, 0.25) is 0 Å². The van der Waals surface area contributed by atoms with Gasteiger partial charge in [0.1, 0.15) is 12.7 Å². The van der Waals surface area contributed by atoms with Crippen LogP contribution in [0.15, 0.2) is 23.8 Å². The number of ether oxygens (including phenoxy) is 2. The van der Waals surface area contributed by atoms with E-state index in [2.05, 4.69) is 6.92 Å². The topological polar surface area (TPSA) is 52.6 Å². The van der Waals surface area contributed by atoms with Gasteiger partial charge in [-0.15, -0.1) is 0 Å². The zero-order valence-corrected chi connectivity index (χ0v) is 12.9. The quantitative estimate of drug-likeness (QED) is 0.589. The minimum atomic E-state index is -0.936. The molecule has 0 amide bonds. The first-order valence-electron chi connectivity index (χ1n) is 6.95. The van der Waals surface area contributed by atoms with E-state index in [-0.39, 0.29) is 18.1 Å². The molecule has 0 N–H and O–H groups in total. The predicted molar refractivity (Wildman–Crippen MR) is 77.0 cm³/mol. The van der Waals surface area contributed by atoms with E-state index in [9.17, 15) is 9.59 Å². The van der Waals surface area contributed by atoms with E-state index in [1.165, 1.54) is 0 Å². The molecule has 0 bridgehead atoms. The molecular weight excluding hydrogens is 256 g/mol. The molecule has 4 nitrogen and oxygen atoms in total. The Hall–Kier alpha value is -1.58. The molecule has 1 rings (SSSR count). The van der Waals surface area contributed by atoms with E-state index < -0.39 is 11.9 Å². The summed E-state index contributed by atoms with van der Waals surface area (Å²) in [6, 6.07) is 0. The Morgan fingerprint density at radius 2 is 2.00 bits per heavy atom. The van der Waals surface area contributed by atoms with Crippen LogP contribution in [-0.2, 0) is 19.1 Å². The van der Waals surface area contributed by atoms with Crippen LogP contribution in [0.1, 0.15) is 41.0 Å². The molecule has 1 unspecified atom stereocenters. The van der Waals surface area contributed by atoms with Gasteiger partial charge in [-0.05, 0) is 30.3 Å². The fourth-order valence-corrected chi connectivity index (χ4v) is 1.61. The van der Waals surface area contributed by atoms with Gasteiger partial charge in [-0.1, -0.05) is 45.9 Å². The molecule has 0 aliphatic heterocycles. The normalized spacial score (nSPS) is 20.1. The van der Waals surface area contributed by atoms with Crippen LogP contribution in [0.25, 0.3) is 0 Å². The number of carbonyl (C=O) groups excluding carboxylic acids is 2. The van der Waals surface area contributed by atoms with E-state index in [1.807, 2.05) is 39.0 Å².